The normalized spacial score (nSPS) is 26.6. The Hall–Kier alpha value is -1.35. The van der Waals surface area contributed by atoms with E-state index in [1.165, 1.54) is 24.0 Å². The van der Waals surface area contributed by atoms with E-state index in [1.807, 2.05) is 0 Å². The molecule has 3 N–H and O–H groups in total. The maximum absolute atomic E-state index is 12.1. The fourth-order valence-electron chi connectivity index (χ4n) is 3.66. The summed E-state index contributed by atoms with van der Waals surface area (Å²) in [5.41, 5.74) is 8.73. The zero-order valence-electron chi connectivity index (χ0n) is 11.5. The van der Waals surface area contributed by atoms with Crippen molar-refractivity contribution >= 4 is 5.91 Å². The Morgan fingerprint density at radius 2 is 2.11 bits per heavy atom. The van der Waals surface area contributed by atoms with E-state index in [1.54, 1.807) is 0 Å². The number of amides is 1. The average Bonchev–Trinajstić information content (AvgIpc) is 2.99. The number of rotatable bonds is 3. The van der Waals surface area contributed by atoms with Crippen LogP contribution in [0.25, 0.3) is 0 Å². The lowest BCUT2D eigenvalue weighted by Gasteiger charge is -2.32. The van der Waals surface area contributed by atoms with Crippen LogP contribution in [-0.4, -0.2) is 11.9 Å². The van der Waals surface area contributed by atoms with Gasteiger partial charge in [0, 0.05) is 6.04 Å². The molecule has 2 aliphatic rings. The van der Waals surface area contributed by atoms with Crippen LogP contribution < -0.4 is 11.1 Å². The molecule has 0 bridgehead atoms. The molecule has 1 atom stereocenters. The molecule has 3 rings (SSSR count). The van der Waals surface area contributed by atoms with E-state index in [-0.39, 0.29) is 5.91 Å². The number of carbonyl (C=O) groups is 1. The Labute approximate surface area is 114 Å². The van der Waals surface area contributed by atoms with Crippen molar-refractivity contribution in [2.45, 2.75) is 57.0 Å². The van der Waals surface area contributed by atoms with Crippen molar-refractivity contribution in [3.63, 3.8) is 0 Å². The number of hydrogen-bond donors (Lipinski definition) is 2. The zero-order valence-corrected chi connectivity index (χ0v) is 11.5. The van der Waals surface area contributed by atoms with Crippen LogP contribution in [0.3, 0.4) is 0 Å². The van der Waals surface area contributed by atoms with Crippen molar-refractivity contribution in [3.8, 4) is 0 Å². The number of primary amides is 1. The van der Waals surface area contributed by atoms with Crippen LogP contribution in [0.15, 0.2) is 18.2 Å². The van der Waals surface area contributed by atoms with Crippen molar-refractivity contribution in [2.24, 2.45) is 5.73 Å². The van der Waals surface area contributed by atoms with Crippen LogP contribution in [-0.2, 0) is 16.8 Å². The third-order valence-electron chi connectivity index (χ3n) is 4.72. The lowest BCUT2D eigenvalue weighted by atomic mass is 9.88. The van der Waals surface area contributed by atoms with Crippen LogP contribution in [0.5, 0.6) is 0 Å². The van der Waals surface area contributed by atoms with Gasteiger partial charge in [0.05, 0.1) is 0 Å². The predicted octanol–water partition coefficient (Wildman–Crippen LogP) is 2.15. The second-order valence-electron chi connectivity index (χ2n) is 6.06. The Kier molecular flexibility index (Phi) is 3.09. The van der Waals surface area contributed by atoms with Crippen molar-refractivity contribution in [3.05, 3.63) is 34.9 Å². The number of carbonyl (C=O) groups excluding carboxylic acids is 1. The molecular formula is C16H22N2O. The Bertz CT molecular complexity index is 505. The van der Waals surface area contributed by atoms with Gasteiger partial charge in [-0.2, -0.15) is 0 Å². The van der Waals surface area contributed by atoms with Gasteiger partial charge in [0.1, 0.15) is 5.54 Å². The molecule has 0 radical (unpaired) electrons. The van der Waals surface area contributed by atoms with Crippen molar-refractivity contribution < 1.29 is 4.79 Å². The van der Waals surface area contributed by atoms with Gasteiger partial charge in [0.2, 0.25) is 5.91 Å². The third-order valence-corrected chi connectivity index (χ3v) is 4.72. The summed E-state index contributed by atoms with van der Waals surface area (Å²) in [6.45, 7) is 2.07. The SMILES string of the molecule is Cc1ccc2c(c1)C(NC1CCCC1)(C(N)=O)CC2. The molecule has 0 spiro atoms. The first-order chi connectivity index (χ1) is 9.12. The summed E-state index contributed by atoms with van der Waals surface area (Å²) in [5, 5.41) is 3.60. The second kappa shape index (κ2) is 4.64. The number of fused-ring (bicyclic) bond motifs is 1. The maximum atomic E-state index is 12.1. The number of aryl methyl sites for hydroxylation is 2. The van der Waals surface area contributed by atoms with Crippen molar-refractivity contribution in [1.29, 1.82) is 0 Å². The molecule has 0 saturated heterocycles. The van der Waals surface area contributed by atoms with Gasteiger partial charge in [-0.15, -0.1) is 0 Å². The van der Waals surface area contributed by atoms with E-state index in [2.05, 4.69) is 30.4 Å². The molecule has 2 aliphatic carbocycles. The highest BCUT2D eigenvalue weighted by Crippen LogP contribution is 2.39. The van der Waals surface area contributed by atoms with E-state index in [0.717, 1.165) is 31.2 Å². The minimum absolute atomic E-state index is 0.219. The summed E-state index contributed by atoms with van der Waals surface area (Å²) in [7, 11) is 0. The molecule has 19 heavy (non-hydrogen) atoms. The topological polar surface area (TPSA) is 55.1 Å². The van der Waals surface area contributed by atoms with Gasteiger partial charge in [-0.05, 0) is 43.7 Å². The summed E-state index contributed by atoms with van der Waals surface area (Å²) in [6.07, 6.45) is 6.59. The van der Waals surface area contributed by atoms with Crippen LogP contribution in [0.2, 0.25) is 0 Å². The molecule has 102 valence electrons. The Morgan fingerprint density at radius 3 is 2.79 bits per heavy atom. The fourth-order valence-corrected chi connectivity index (χ4v) is 3.66. The van der Waals surface area contributed by atoms with Crippen molar-refractivity contribution in [1.82, 2.24) is 5.32 Å². The summed E-state index contributed by atoms with van der Waals surface area (Å²) in [5.74, 6) is -0.219. The molecule has 1 aromatic carbocycles. The highest BCUT2D eigenvalue weighted by atomic mass is 16.1. The number of hydrogen-bond acceptors (Lipinski definition) is 2. The lowest BCUT2D eigenvalue weighted by Crippen LogP contribution is -2.54. The van der Waals surface area contributed by atoms with Gasteiger partial charge in [-0.3, -0.25) is 10.1 Å². The number of nitrogens with one attached hydrogen (secondary N) is 1. The van der Waals surface area contributed by atoms with E-state index < -0.39 is 5.54 Å². The van der Waals surface area contributed by atoms with Gasteiger partial charge in [0.15, 0.2) is 0 Å². The molecule has 1 amide bonds. The quantitative estimate of drug-likeness (QED) is 0.873. The molecule has 1 aromatic rings. The van der Waals surface area contributed by atoms with Crippen LogP contribution in [0, 0.1) is 6.92 Å². The number of benzene rings is 1. The van der Waals surface area contributed by atoms with E-state index in [9.17, 15) is 4.79 Å². The van der Waals surface area contributed by atoms with Crippen LogP contribution in [0.1, 0.15) is 48.8 Å². The minimum Gasteiger partial charge on any atom is -0.368 e. The Morgan fingerprint density at radius 1 is 1.37 bits per heavy atom. The molecule has 0 heterocycles. The fraction of sp³-hybridized carbons (Fsp3) is 0.562. The van der Waals surface area contributed by atoms with E-state index >= 15 is 0 Å². The highest BCUT2D eigenvalue weighted by molar-refractivity contribution is 5.87. The zero-order chi connectivity index (χ0) is 13.5. The van der Waals surface area contributed by atoms with E-state index in [4.69, 9.17) is 5.73 Å². The van der Waals surface area contributed by atoms with Gasteiger partial charge in [-0.1, -0.05) is 36.6 Å². The van der Waals surface area contributed by atoms with Crippen LogP contribution in [0.4, 0.5) is 0 Å². The minimum atomic E-state index is -0.629. The monoisotopic (exact) mass is 258 g/mol. The van der Waals surface area contributed by atoms with Gasteiger partial charge in [0.25, 0.3) is 0 Å². The summed E-state index contributed by atoms with van der Waals surface area (Å²) in [4.78, 5) is 12.1. The molecule has 1 fully saturated rings. The molecule has 0 aromatic heterocycles. The summed E-state index contributed by atoms with van der Waals surface area (Å²) in [6, 6.07) is 6.84. The first kappa shape index (κ1) is 12.7. The highest BCUT2D eigenvalue weighted by Gasteiger charge is 2.45. The largest absolute Gasteiger partial charge is 0.368 e. The molecule has 0 aliphatic heterocycles. The Balaban J connectivity index is 1.99. The standard InChI is InChI=1S/C16H22N2O/c1-11-6-7-12-8-9-16(15(17)19,14(12)10-11)18-13-4-2-3-5-13/h6-7,10,13,18H,2-5,8-9H2,1H3,(H2,17,19). The molecule has 3 nitrogen and oxygen atoms in total. The van der Waals surface area contributed by atoms with Crippen LogP contribution >= 0.6 is 0 Å². The van der Waals surface area contributed by atoms with Crippen molar-refractivity contribution in [2.75, 3.05) is 0 Å². The molecule has 1 unspecified atom stereocenters. The average molecular weight is 258 g/mol. The summed E-state index contributed by atoms with van der Waals surface area (Å²) >= 11 is 0. The van der Waals surface area contributed by atoms with Gasteiger partial charge in [-0.25, -0.2) is 0 Å². The molecular weight excluding hydrogens is 236 g/mol. The predicted molar refractivity (Wildman–Crippen MR) is 75.8 cm³/mol. The lowest BCUT2D eigenvalue weighted by molar-refractivity contribution is -0.125. The summed E-state index contributed by atoms with van der Waals surface area (Å²) < 4.78 is 0. The van der Waals surface area contributed by atoms with Gasteiger partial charge < -0.3 is 5.73 Å². The smallest absolute Gasteiger partial charge is 0.242 e. The first-order valence-corrected chi connectivity index (χ1v) is 7.29. The number of nitrogens with two attached hydrogens (primary N) is 1. The van der Waals surface area contributed by atoms with Gasteiger partial charge >= 0.3 is 0 Å². The first-order valence-electron chi connectivity index (χ1n) is 7.29. The molecule has 3 heteroatoms. The maximum Gasteiger partial charge on any atom is 0.242 e. The third kappa shape index (κ3) is 2.06. The molecule has 1 saturated carbocycles. The van der Waals surface area contributed by atoms with E-state index in [0.29, 0.717) is 6.04 Å². The second-order valence-corrected chi connectivity index (χ2v) is 6.06.